The normalized spacial score (nSPS) is 19.5. The van der Waals surface area contributed by atoms with Crippen LogP contribution in [0.25, 0.3) is 0 Å². The molecule has 106 valence electrons. The molecular weight excluding hydrogens is 347 g/mol. The fourth-order valence-electron chi connectivity index (χ4n) is 2.59. The van der Waals surface area contributed by atoms with Gasteiger partial charge in [-0.3, -0.25) is 0 Å². The minimum atomic E-state index is 0.445. The molecule has 0 aromatic heterocycles. The Morgan fingerprint density at radius 2 is 1.89 bits per heavy atom. The number of benzene rings is 1. The van der Waals surface area contributed by atoms with Crippen LogP contribution in [0.4, 0.5) is 0 Å². The van der Waals surface area contributed by atoms with Crippen molar-refractivity contribution < 1.29 is 0 Å². The van der Waals surface area contributed by atoms with Crippen LogP contribution >= 0.6 is 22.6 Å². The van der Waals surface area contributed by atoms with E-state index in [0.29, 0.717) is 6.04 Å². The van der Waals surface area contributed by atoms with Crippen LogP contribution in [-0.4, -0.2) is 31.1 Å². The van der Waals surface area contributed by atoms with Crippen LogP contribution in [0.3, 0.4) is 0 Å². The first-order valence-corrected chi connectivity index (χ1v) is 8.44. The number of rotatable bonds is 5. The Balaban J connectivity index is 1.69. The van der Waals surface area contributed by atoms with Gasteiger partial charge in [-0.25, -0.2) is 0 Å². The highest BCUT2D eigenvalue weighted by molar-refractivity contribution is 14.1. The first kappa shape index (κ1) is 15.3. The average Bonchev–Trinajstić information content (AvgIpc) is 2.41. The molecule has 1 saturated heterocycles. The number of hydrogen-bond acceptors (Lipinski definition) is 2. The van der Waals surface area contributed by atoms with E-state index in [9.17, 15) is 0 Å². The van der Waals surface area contributed by atoms with Crippen LogP contribution in [0.1, 0.15) is 38.3 Å². The fourth-order valence-corrected chi connectivity index (χ4v) is 2.95. The van der Waals surface area contributed by atoms with Crippen LogP contribution < -0.4 is 5.32 Å². The lowest BCUT2D eigenvalue weighted by Gasteiger charge is -2.30. The second-order valence-corrected chi connectivity index (χ2v) is 7.00. The molecule has 0 amide bonds. The van der Waals surface area contributed by atoms with E-state index in [1.54, 1.807) is 0 Å². The van der Waals surface area contributed by atoms with E-state index in [-0.39, 0.29) is 0 Å². The summed E-state index contributed by atoms with van der Waals surface area (Å²) < 4.78 is 1.30. The number of nitrogens with zero attached hydrogens (tertiary/aromatic N) is 1. The molecule has 1 atom stereocenters. The van der Waals surface area contributed by atoms with Gasteiger partial charge in [0.1, 0.15) is 0 Å². The maximum Gasteiger partial charge on any atom is 0.0292 e. The first-order chi connectivity index (χ1) is 9.15. The number of piperidine rings is 1. The maximum absolute atomic E-state index is 3.63. The highest BCUT2D eigenvalue weighted by atomic mass is 127. The molecule has 1 fully saturated rings. The molecule has 0 bridgehead atoms. The molecule has 3 heteroatoms. The highest BCUT2D eigenvalue weighted by Gasteiger charge is 2.15. The standard InChI is InChI=1S/C16H25IN2/c1-13-7-10-19(11-8-13)12-9-18-14(2)15-3-5-16(17)6-4-15/h3-6,13-14,18H,7-12H2,1-2H3. The van der Waals surface area contributed by atoms with Gasteiger partial charge in [0.2, 0.25) is 0 Å². The lowest BCUT2D eigenvalue weighted by atomic mass is 9.99. The summed E-state index contributed by atoms with van der Waals surface area (Å²) in [5.41, 5.74) is 1.38. The van der Waals surface area contributed by atoms with Crippen LogP contribution in [0.2, 0.25) is 0 Å². The smallest absolute Gasteiger partial charge is 0.0292 e. The Bertz CT molecular complexity index is 369. The van der Waals surface area contributed by atoms with E-state index in [4.69, 9.17) is 0 Å². The second kappa shape index (κ2) is 7.60. The first-order valence-electron chi connectivity index (χ1n) is 7.36. The second-order valence-electron chi connectivity index (χ2n) is 5.75. The molecule has 1 aliphatic rings. The largest absolute Gasteiger partial charge is 0.309 e. The summed E-state index contributed by atoms with van der Waals surface area (Å²) in [6, 6.07) is 9.25. The maximum atomic E-state index is 3.63. The zero-order valence-corrected chi connectivity index (χ0v) is 14.2. The quantitative estimate of drug-likeness (QED) is 0.794. The van der Waals surface area contributed by atoms with Crippen LogP contribution in [0.15, 0.2) is 24.3 Å². The molecular formula is C16H25IN2. The van der Waals surface area contributed by atoms with Gasteiger partial charge in [0.25, 0.3) is 0 Å². The number of halogens is 1. The van der Waals surface area contributed by atoms with Crippen molar-refractivity contribution in [3.63, 3.8) is 0 Å². The van der Waals surface area contributed by atoms with Crippen molar-refractivity contribution in [2.75, 3.05) is 26.2 Å². The van der Waals surface area contributed by atoms with E-state index in [1.807, 2.05) is 0 Å². The Morgan fingerprint density at radius 1 is 1.26 bits per heavy atom. The van der Waals surface area contributed by atoms with Gasteiger partial charge in [0.05, 0.1) is 0 Å². The number of hydrogen-bond donors (Lipinski definition) is 1. The molecule has 1 aromatic carbocycles. The number of likely N-dealkylation sites (tertiary alicyclic amines) is 1. The average molecular weight is 372 g/mol. The molecule has 0 spiro atoms. The molecule has 1 heterocycles. The van der Waals surface area contributed by atoms with Gasteiger partial charge >= 0.3 is 0 Å². The van der Waals surface area contributed by atoms with Crippen molar-refractivity contribution >= 4 is 22.6 Å². The minimum absolute atomic E-state index is 0.445. The van der Waals surface area contributed by atoms with Crippen LogP contribution in [-0.2, 0) is 0 Å². The zero-order chi connectivity index (χ0) is 13.7. The molecule has 2 rings (SSSR count). The SMILES string of the molecule is CC1CCN(CCNC(C)c2ccc(I)cc2)CC1. The third kappa shape index (κ3) is 5.04. The summed E-state index contributed by atoms with van der Waals surface area (Å²) in [5.74, 6) is 0.926. The predicted molar refractivity (Wildman–Crippen MR) is 90.4 cm³/mol. The summed E-state index contributed by atoms with van der Waals surface area (Å²) in [5, 5.41) is 3.63. The van der Waals surface area contributed by atoms with Crippen molar-refractivity contribution in [1.29, 1.82) is 0 Å². The number of nitrogens with one attached hydrogen (secondary N) is 1. The third-order valence-corrected chi connectivity index (χ3v) is 4.84. The van der Waals surface area contributed by atoms with Crippen molar-refractivity contribution in [2.45, 2.75) is 32.7 Å². The van der Waals surface area contributed by atoms with Crippen molar-refractivity contribution in [2.24, 2.45) is 5.92 Å². The summed E-state index contributed by atoms with van der Waals surface area (Å²) in [6.45, 7) is 9.44. The highest BCUT2D eigenvalue weighted by Crippen LogP contribution is 2.16. The van der Waals surface area contributed by atoms with Crippen LogP contribution in [0, 0.1) is 9.49 Å². The van der Waals surface area contributed by atoms with Gasteiger partial charge < -0.3 is 10.2 Å². The van der Waals surface area contributed by atoms with Gasteiger partial charge in [0, 0.05) is 22.7 Å². The summed E-state index contributed by atoms with van der Waals surface area (Å²) in [4.78, 5) is 2.59. The molecule has 0 saturated carbocycles. The Morgan fingerprint density at radius 3 is 2.53 bits per heavy atom. The Labute approximate surface area is 131 Å². The molecule has 0 radical (unpaired) electrons. The third-order valence-electron chi connectivity index (χ3n) is 4.12. The molecule has 1 aliphatic heterocycles. The minimum Gasteiger partial charge on any atom is -0.309 e. The Hall–Kier alpha value is -0.130. The predicted octanol–water partition coefficient (Wildman–Crippen LogP) is 3.67. The van der Waals surface area contributed by atoms with Gasteiger partial charge in [-0.2, -0.15) is 0 Å². The molecule has 1 unspecified atom stereocenters. The fraction of sp³-hybridized carbons (Fsp3) is 0.625. The van der Waals surface area contributed by atoms with Gasteiger partial charge in [0.15, 0.2) is 0 Å². The summed E-state index contributed by atoms with van der Waals surface area (Å²) >= 11 is 2.35. The molecule has 1 N–H and O–H groups in total. The van der Waals surface area contributed by atoms with Crippen LogP contribution in [0.5, 0.6) is 0 Å². The van der Waals surface area contributed by atoms with E-state index in [0.717, 1.165) is 12.5 Å². The zero-order valence-electron chi connectivity index (χ0n) is 12.0. The molecule has 0 aliphatic carbocycles. The topological polar surface area (TPSA) is 15.3 Å². The lowest BCUT2D eigenvalue weighted by Crippen LogP contribution is -2.38. The molecule has 1 aromatic rings. The molecule has 19 heavy (non-hydrogen) atoms. The monoisotopic (exact) mass is 372 g/mol. The summed E-state index contributed by atoms with van der Waals surface area (Å²) in [6.07, 6.45) is 2.74. The van der Waals surface area contributed by atoms with Crippen molar-refractivity contribution in [3.8, 4) is 0 Å². The molecule has 2 nitrogen and oxygen atoms in total. The van der Waals surface area contributed by atoms with Gasteiger partial charge in [-0.1, -0.05) is 19.1 Å². The van der Waals surface area contributed by atoms with Gasteiger partial charge in [-0.05, 0) is 79.1 Å². The van der Waals surface area contributed by atoms with E-state index in [2.05, 4.69) is 70.9 Å². The Kier molecular flexibility index (Phi) is 6.10. The van der Waals surface area contributed by atoms with E-state index in [1.165, 1.54) is 41.6 Å². The van der Waals surface area contributed by atoms with E-state index < -0.39 is 0 Å². The lowest BCUT2D eigenvalue weighted by molar-refractivity contribution is 0.191. The summed E-state index contributed by atoms with van der Waals surface area (Å²) in [7, 11) is 0. The van der Waals surface area contributed by atoms with Crippen molar-refractivity contribution in [1.82, 2.24) is 10.2 Å². The van der Waals surface area contributed by atoms with Gasteiger partial charge in [-0.15, -0.1) is 0 Å². The van der Waals surface area contributed by atoms with E-state index >= 15 is 0 Å². The van der Waals surface area contributed by atoms with Crippen molar-refractivity contribution in [3.05, 3.63) is 33.4 Å².